The minimum absolute atomic E-state index is 0.284. The molecule has 0 bridgehead atoms. The van der Waals surface area contributed by atoms with Crippen molar-refractivity contribution < 1.29 is 9.53 Å². The zero-order chi connectivity index (χ0) is 17.6. The Morgan fingerprint density at radius 1 is 1.20 bits per heavy atom. The smallest absolute Gasteiger partial charge is 0.248 e. The first kappa shape index (κ1) is 16.8. The quantitative estimate of drug-likeness (QED) is 0.700. The molecule has 3 rings (SSSR count). The summed E-state index contributed by atoms with van der Waals surface area (Å²) in [5, 5.41) is 7.47. The van der Waals surface area contributed by atoms with E-state index < -0.39 is 0 Å². The summed E-state index contributed by atoms with van der Waals surface area (Å²) < 4.78 is 6.96. The van der Waals surface area contributed by atoms with Crippen LogP contribution in [0.1, 0.15) is 5.56 Å². The molecule has 1 N–H and O–H groups in total. The lowest BCUT2D eigenvalue weighted by molar-refractivity contribution is -0.111. The Morgan fingerprint density at radius 3 is 2.76 bits per heavy atom. The van der Waals surface area contributed by atoms with E-state index in [-0.39, 0.29) is 5.91 Å². The van der Waals surface area contributed by atoms with Crippen molar-refractivity contribution in [3.05, 3.63) is 77.6 Å². The van der Waals surface area contributed by atoms with Gasteiger partial charge in [-0.15, -0.1) is 0 Å². The molecule has 0 saturated carbocycles. The Morgan fingerprint density at radius 2 is 2.00 bits per heavy atom. The number of amides is 1. The molecule has 0 unspecified atom stereocenters. The van der Waals surface area contributed by atoms with Crippen molar-refractivity contribution in [1.82, 2.24) is 9.78 Å². The van der Waals surface area contributed by atoms with E-state index in [2.05, 4.69) is 10.4 Å². The van der Waals surface area contributed by atoms with Crippen LogP contribution in [0.4, 0.5) is 5.69 Å². The Bertz CT molecular complexity index is 904. The zero-order valence-electron chi connectivity index (χ0n) is 13.5. The van der Waals surface area contributed by atoms with Gasteiger partial charge in [-0.25, -0.2) is 4.68 Å². The van der Waals surface area contributed by atoms with Crippen molar-refractivity contribution >= 4 is 29.3 Å². The van der Waals surface area contributed by atoms with Gasteiger partial charge in [0.05, 0.1) is 29.7 Å². The Kier molecular flexibility index (Phi) is 5.16. The molecule has 5 nitrogen and oxygen atoms in total. The van der Waals surface area contributed by atoms with Gasteiger partial charge in [0.2, 0.25) is 5.91 Å². The first-order valence-corrected chi connectivity index (χ1v) is 7.97. The lowest BCUT2D eigenvalue weighted by atomic mass is 10.2. The van der Waals surface area contributed by atoms with Gasteiger partial charge >= 0.3 is 0 Å². The van der Waals surface area contributed by atoms with Crippen LogP contribution in [0.2, 0.25) is 5.02 Å². The summed E-state index contributed by atoms with van der Waals surface area (Å²) in [6.45, 7) is 0. The summed E-state index contributed by atoms with van der Waals surface area (Å²) in [7, 11) is 1.50. The van der Waals surface area contributed by atoms with Crippen LogP contribution in [0, 0.1) is 0 Å². The van der Waals surface area contributed by atoms with E-state index in [1.54, 1.807) is 35.2 Å². The minimum Gasteiger partial charge on any atom is -0.493 e. The number of hydrogen-bond donors (Lipinski definition) is 1. The van der Waals surface area contributed by atoms with Gasteiger partial charge in [-0.1, -0.05) is 35.9 Å². The summed E-state index contributed by atoms with van der Waals surface area (Å²) in [6.07, 6.45) is 6.67. The standard InChI is InChI=1S/C19H16ClN3O2/c1-25-19-16(20)8-5-9-17(19)22-18(24)11-10-14-12-21-23(13-14)15-6-3-2-4-7-15/h2-13H,1H3,(H,22,24). The highest BCUT2D eigenvalue weighted by Gasteiger charge is 2.08. The highest BCUT2D eigenvalue weighted by Crippen LogP contribution is 2.32. The van der Waals surface area contributed by atoms with Crippen LogP contribution < -0.4 is 10.1 Å². The fourth-order valence-electron chi connectivity index (χ4n) is 2.31. The number of nitrogens with one attached hydrogen (secondary N) is 1. The van der Waals surface area contributed by atoms with Crippen LogP contribution in [-0.4, -0.2) is 22.8 Å². The minimum atomic E-state index is -0.284. The molecule has 0 radical (unpaired) electrons. The van der Waals surface area contributed by atoms with E-state index in [0.29, 0.717) is 16.5 Å². The summed E-state index contributed by atoms with van der Waals surface area (Å²) in [5.41, 5.74) is 2.29. The van der Waals surface area contributed by atoms with Crippen LogP contribution in [-0.2, 0) is 4.79 Å². The number of carbonyl (C=O) groups is 1. The topological polar surface area (TPSA) is 56.1 Å². The number of anilines is 1. The summed E-state index contributed by atoms with van der Waals surface area (Å²) in [4.78, 5) is 12.1. The van der Waals surface area contributed by atoms with E-state index in [0.717, 1.165) is 11.3 Å². The molecule has 6 heteroatoms. The molecular weight excluding hydrogens is 338 g/mol. The summed E-state index contributed by atoms with van der Waals surface area (Å²) in [6, 6.07) is 14.9. The van der Waals surface area contributed by atoms with E-state index in [4.69, 9.17) is 16.3 Å². The van der Waals surface area contributed by atoms with Gasteiger partial charge in [-0.3, -0.25) is 4.79 Å². The zero-order valence-corrected chi connectivity index (χ0v) is 14.3. The van der Waals surface area contributed by atoms with Crippen LogP contribution in [0.3, 0.4) is 0 Å². The second-order valence-corrected chi connectivity index (χ2v) is 5.60. The number of hydrogen-bond acceptors (Lipinski definition) is 3. The van der Waals surface area contributed by atoms with E-state index >= 15 is 0 Å². The van der Waals surface area contributed by atoms with Gasteiger partial charge in [-0.05, 0) is 30.3 Å². The van der Waals surface area contributed by atoms with Crippen LogP contribution >= 0.6 is 11.6 Å². The fraction of sp³-hybridized carbons (Fsp3) is 0.0526. The van der Waals surface area contributed by atoms with Crippen molar-refractivity contribution in [2.24, 2.45) is 0 Å². The maximum atomic E-state index is 12.1. The molecule has 0 spiro atoms. The number of aromatic nitrogens is 2. The second-order valence-electron chi connectivity index (χ2n) is 5.20. The van der Waals surface area contributed by atoms with Gasteiger partial charge in [0, 0.05) is 17.8 Å². The normalized spacial score (nSPS) is 10.8. The number of halogens is 1. The maximum absolute atomic E-state index is 12.1. The molecular formula is C19H16ClN3O2. The number of methoxy groups -OCH3 is 1. The molecule has 0 fully saturated rings. The van der Waals surface area contributed by atoms with Crippen LogP contribution in [0.15, 0.2) is 67.0 Å². The van der Waals surface area contributed by atoms with E-state index in [9.17, 15) is 4.79 Å². The maximum Gasteiger partial charge on any atom is 0.248 e. The molecule has 0 aliphatic carbocycles. The fourth-order valence-corrected chi connectivity index (χ4v) is 2.56. The van der Waals surface area contributed by atoms with Gasteiger partial charge in [0.15, 0.2) is 5.75 Å². The SMILES string of the molecule is COc1c(Cl)cccc1NC(=O)C=Cc1cnn(-c2ccccc2)c1. The van der Waals surface area contributed by atoms with Crippen molar-refractivity contribution in [3.8, 4) is 11.4 Å². The third kappa shape index (κ3) is 4.08. The van der Waals surface area contributed by atoms with Crippen molar-refractivity contribution in [1.29, 1.82) is 0 Å². The monoisotopic (exact) mass is 353 g/mol. The average Bonchev–Trinajstić information content (AvgIpc) is 3.10. The van der Waals surface area contributed by atoms with Crippen molar-refractivity contribution in [2.45, 2.75) is 0 Å². The lowest BCUT2D eigenvalue weighted by Crippen LogP contribution is -2.08. The summed E-state index contributed by atoms with van der Waals surface area (Å²) >= 11 is 6.04. The van der Waals surface area contributed by atoms with Crippen molar-refractivity contribution in [2.75, 3.05) is 12.4 Å². The molecule has 0 aliphatic heterocycles. The number of carbonyl (C=O) groups excluding carboxylic acids is 1. The number of nitrogens with zero attached hydrogens (tertiary/aromatic N) is 2. The molecule has 126 valence electrons. The largest absolute Gasteiger partial charge is 0.493 e. The number of benzene rings is 2. The predicted molar refractivity (Wildman–Crippen MR) is 99.2 cm³/mol. The van der Waals surface area contributed by atoms with Gasteiger partial charge in [0.25, 0.3) is 0 Å². The third-order valence-corrected chi connectivity index (χ3v) is 3.78. The Hall–Kier alpha value is -3.05. The molecule has 0 saturated heterocycles. The third-order valence-electron chi connectivity index (χ3n) is 3.48. The number of rotatable bonds is 5. The Labute approximate surface area is 150 Å². The number of ether oxygens (including phenoxy) is 1. The molecule has 25 heavy (non-hydrogen) atoms. The molecule has 2 aromatic carbocycles. The summed E-state index contributed by atoms with van der Waals surface area (Å²) in [5.74, 6) is 0.149. The van der Waals surface area contributed by atoms with E-state index in [1.165, 1.54) is 13.2 Å². The average molecular weight is 354 g/mol. The number of para-hydroxylation sites is 2. The molecule has 1 heterocycles. The first-order chi connectivity index (χ1) is 12.2. The van der Waals surface area contributed by atoms with Crippen LogP contribution in [0.25, 0.3) is 11.8 Å². The molecule has 0 aliphatic rings. The molecule has 3 aromatic rings. The molecule has 1 amide bonds. The lowest BCUT2D eigenvalue weighted by Gasteiger charge is -2.09. The Balaban J connectivity index is 1.70. The predicted octanol–water partition coefficient (Wildman–Crippen LogP) is 4.19. The van der Waals surface area contributed by atoms with E-state index in [1.807, 2.05) is 36.5 Å². The van der Waals surface area contributed by atoms with Gasteiger partial charge < -0.3 is 10.1 Å². The highest BCUT2D eigenvalue weighted by atomic mass is 35.5. The highest BCUT2D eigenvalue weighted by molar-refractivity contribution is 6.32. The van der Waals surface area contributed by atoms with Gasteiger partial charge in [0.1, 0.15) is 0 Å². The molecule has 0 atom stereocenters. The second kappa shape index (κ2) is 7.68. The first-order valence-electron chi connectivity index (χ1n) is 7.59. The molecule has 1 aromatic heterocycles. The van der Waals surface area contributed by atoms with Gasteiger partial charge in [-0.2, -0.15) is 5.10 Å². The van der Waals surface area contributed by atoms with Crippen LogP contribution in [0.5, 0.6) is 5.75 Å². The van der Waals surface area contributed by atoms with Crippen molar-refractivity contribution in [3.63, 3.8) is 0 Å².